The summed E-state index contributed by atoms with van der Waals surface area (Å²) < 4.78 is 0. The van der Waals surface area contributed by atoms with Gasteiger partial charge in [-0.3, -0.25) is 9.59 Å². The number of alkyl halides is 1. The Morgan fingerprint density at radius 3 is 2.50 bits per heavy atom. The van der Waals surface area contributed by atoms with Crippen molar-refractivity contribution in [2.75, 3.05) is 0 Å². The second kappa shape index (κ2) is 4.90. The number of ketones is 1. The minimum Gasteiger partial charge on any atom is -0.478 e. The second-order valence-corrected chi connectivity index (χ2v) is 3.68. The van der Waals surface area contributed by atoms with Crippen molar-refractivity contribution in [3.05, 3.63) is 34.9 Å². The summed E-state index contributed by atoms with van der Waals surface area (Å²) in [5.74, 6) is -1.55. The second-order valence-electron chi connectivity index (χ2n) is 3.24. The molecule has 0 aliphatic carbocycles. The molecule has 1 N–H and O–H groups in total. The van der Waals surface area contributed by atoms with Gasteiger partial charge < -0.3 is 5.11 Å². The highest BCUT2D eigenvalue weighted by Gasteiger charge is 2.20. The van der Waals surface area contributed by atoms with Gasteiger partial charge in [0.1, 0.15) is 11.7 Å². The van der Waals surface area contributed by atoms with Gasteiger partial charge in [0, 0.05) is 5.56 Å². The van der Waals surface area contributed by atoms with E-state index in [1.54, 1.807) is 0 Å². The van der Waals surface area contributed by atoms with Crippen LogP contribution in [0.2, 0.25) is 0 Å². The molecule has 4 nitrogen and oxygen atoms in total. The van der Waals surface area contributed by atoms with Crippen molar-refractivity contribution in [3.8, 4) is 0 Å². The molecule has 1 rings (SSSR count). The number of carboxylic acid groups (broad SMARTS) is 1. The Hall–Kier alpha value is -1.68. The summed E-state index contributed by atoms with van der Waals surface area (Å²) in [5, 5.41) is 7.85. The van der Waals surface area contributed by atoms with Crippen LogP contribution in [0.3, 0.4) is 0 Å². The van der Waals surface area contributed by atoms with Gasteiger partial charge in [0.15, 0.2) is 5.78 Å². The Labute approximate surface area is 96.8 Å². The highest BCUT2D eigenvalue weighted by molar-refractivity contribution is 6.31. The number of aromatic carboxylic acids is 1. The third-order valence-corrected chi connectivity index (χ3v) is 2.61. The summed E-state index contributed by atoms with van der Waals surface area (Å²) >= 11 is 5.79. The number of benzene rings is 1. The minimum absolute atomic E-state index is 0.0687. The fourth-order valence-electron chi connectivity index (χ4n) is 1.28. The van der Waals surface area contributed by atoms with Crippen LogP contribution in [0.1, 0.15) is 38.6 Å². The fourth-order valence-corrected chi connectivity index (χ4v) is 1.46. The van der Waals surface area contributed by atoms with E-state index in [0.29, 0.717) is 6.29 Å². The largest absolute Gasteiger partial charge is 0.478 e. The number of carboxylic acids is 1. The van der Waals surface area contributed by atoms with Crippen molar-refractivity contribution < 1.29 is 19.5 Å². The van der Waals surface area contributed by atoms with E-state index < -0.39 is 11.3 Å². The molecule has 0 aromatic heterocycles. The van der Waals surface area contributed by atoms with Gasteiger partial charge in [0.2, 0.25) is 0 Å². The zero-order valence-corrected chi connectivity index (χ0v) is 9.19. The van der Waals surface area contributed by atoms with Crippen LogP contribution >= 0.6 is 11.6 Å². The number of rotatable bonds is 4. The Kier molecular flexibility index (Phi) is 3.79. The summed E-state index contributed by atoms with van der Waals surface area (Å²) in [4.78, 5) is 32.6. The molecule has 84 valence electrons. The van der Waals surface area contributed by atoms with Gasteiger partial charge in [-0.1, -0.05) is 6.07 Å². The Morgan fingerprint density at radius 2 is 2.06 bits per heavy atom. The molecular weight excluding hydrogens is 232 g/mol. The fraction of sp³-hybridized carbons (Fsp3) is 0.182. The van der Waals surface area contributed by atoms with Crippen LogP contribution < -0.4 is 0 Å². The molecule has 1 aromatic carbocycles. The van der Waals surface area contributed by atoms with Gasteiger partial charge in [-0.2, -0.15) is 0 Å². The number of hydrogen-bond donors (Lipinski definition) is 1. The maximum absolute atomic E-state index is 11.1. The van der Waals surface area contributed by atoms with Crippen LogP contribution in [0.5, 0.6) is 0 Å². The molecule has 0 saturated heterocycles. The van der Waals surface area contributed by atoms with Gasteiger partial charge in [0.05, 0.1) is 5.56 Å². The standard InChI is InChI=1S/C11H9ClO4/c1-6(14)10(12)9-4-7(5-13)2-3-8(9)11(15)16/h2-5,10H,1H3,(H,15,16). The van der Waals surface area contributed by atoms with Crippen molar-refractivity contribution in [3.63, 3.8) is 0 Å². The molecule has 0 fully saturated rings. The summed E-state index contributed by atoms with van der Waals surface area (Å²) in [5.41, 5.74) is 0.360. The number of aldehydes is 1. The smallest absolute Gasteiger partial charge is 0.336 e. The predicted molar refractivity (Wildman–Crippen MR) is 58.1 cm³/mol. The van der Waals surface area contributed by atoms with Crippen LogP contribution in [0.4, 0.5) is 0 Å². The Morgan fingerprint density at radius 1 is 1.44 bits per heavy atom. The van der Waals surface area contributed by atoms with Gasteiger partial charge in [-0.25, -0.2) is 4.79 Å². The van der Waals surface area contributed by atoms with E-state index in [2.05, 4.69) is 0 Å². The normalized spacial score (nSPS) is 11.9. The van der Waals surface area contributed by atoms with Crippen molar-refractivity contribution in [2.45, 2.75) is 12.3 Å². The number of carbonyl (C=O) groups is 3. The molecule has 0 radical (unpaired) electrons. The van der Waals surface area contributed by atoms with E-state index in [0.717, 1.165) is 0 Å². The van der Waals surface area contributed by atoms with E-state index in [1.165, 1.54) is 25.1 Å². The van der Waals surface area contributed by atoms with Gasteiger partial charge in [-0.15, -0.1) is 11.6 Å². The van der Waals surface area contributed by atoms with Gasteiger partial charge in [-0.05, 0) is 24.6 Å². The lowest BCUT2D eigenvalue weighted by Gasteiger charge is -2.10. The first-order valence-corrected chi connectivity index (χ1v) is 4.88. The quantitative estimate of drug-likeness (QED) is 0.646. The third kappa shape index (κ3) is 2.46. The molecule has 0 heterocycles. The molecule has 1 atom stereocenters. The molecule has 5 heteroatoms. The lowest BCUT2D eigenvalue weighted by atomic mass is 10.00. The van der Waals surface area contributed by atoms with Crippen LogP contribution in [-0.4, -0.2) is 23.1 Å². The van der Waals surface area contributed by atoms with Crippen LogP contribution in [0, 0.1) is 0 Å². The van der Waals surface area contributed by atoms with E-state index in [1.807, 2.05) is 0 Å². The van der Waals surface area contributed by atoms with Crippen LogP contribution in [-0.2, 0) is 4.79 Å². The van der Waals surface area contributed by atoms with Gasteiger partial charge in [0.25, 0.3) is 0 Å². The van der Waals surface area contributed by atoms with Crippen molar-refractivity contribution in [1.29, 1.82) is 0 Å². The lowest BCUT2D eigenvalue weighted by Crippen LogP contribution is -2.09. The minimum atomic E-state index is -1.18. The first kappa shape index (κ1) is 12.4. The van der Waals surface area contributed by atoms with Crippen molar-refractivity contribution >= 4 is 29.6 Å². The number of Topliss-reactive ketones (excluding diaryl/α,β-unsaturated/α-hetero) is 1. The highest BCUT2D eigenvalue weighted by Crippen LogP contribution is 2.26. The van der Waals surface area contributed by atoms with E-state index in [4.69, 9.17) is 16.7 Å². The summed E-state index contributed by atoms with van der Waals surface area (Å²) in [6.45, 7) is 1.26. The van der Waals surface area contributed by atoms with E-state index in [-0.39, 0.29) is 22.5 Å². The molecule has 16 heavy (non-hydrogen) atoms. The molecule has 0 saturated carbocycles. The maximum Gasteiger partial charge on any atom is 0.336 e. The SMILES string of the molecule is CC(=O)C(Cl)c1cc(C=O)ccc1C(=O)O. The number of carbonyl (C=O) groups excluding carboxylic acids is 2. The van der Waals surface area contributed by atoms with Gasteiger partial charge >= 0.3 is 5.97 Å². The molecule has 1 unspecified atom stereocenters. The highest BCUT2D eigenvalue weighted by atomic mass is 35.5. The Bertz CT molecular complexity index is 453. The average Bonchev–Trinajstić information content (AvgIpc) is 2.26. The van der Waals surface area contributed by atoms with Crippen LogP contribution in [0.15, 0.2) is 18.2 Å². The molecule has 1 aromatic rings. The average molecular weight is 241 g/mol. The van der Waals surface area contributed by atoms with E-state index in [9.17, 15) is 14.4 Å². The zero-order chi connectivity index (χ0) is 12.3. The molecular formula is C11H9ClO4. The zero-order valence-electron chi connectivity index (χ0n) is 8.44. The van der Waals surface area contributed by atoms with Crippen LogP contribution in [0.25, 0.3) is 0 Å². The lowest BCUT2D eigenvalue weighted by molar-refractivity contribution is -0.116. The predicted octanol–water partition coefficient (Wildman–Crippen LogP) is 2.07. The van der Waals surface area contributed by atoms with Crippen molar-refractivity contribution in [1.82, 2.24) is 0 Å². The number of halogens is 1. The third-order valence-electron chi connectivity index (χ3n) is 2.07. The van der Waals surface area contributed by atoms with Crippen molar-refractivity contribution in [2.24, 2.45) is 0 Å². The number of hydrogen-bond acceptors (Lipinski definition) is 3. The molecule has 0 spiro atoms. The first-order chi connectivity index (χ1) is 7.47. The summed E-state index contributed by atoms with van der Waals surface area (Å²) in [6.07, 6.45) is 0.568. The molecule has 0 bridgehead atoms. The summed E-state index contributed by atoms with van der Waals surface area (Å²) in [7, 11) is 0. The first-order valence-electron chi connectivity index (χ1n) is 4.44. The maximum atomic E-state index is 11.1. The Balaban J connectivity index is 3.36. The molecule has 0 aliphatic heterocycles. The van der Waals surface area contributed by atoms with E-state index >= 15 is 0 Å². The molecule has 0 aliphatic rings. The topological polar surface area (TPSA) is 71.4 Å². The summed E-state index contributed by atoms with van der Waals surface area (Å²) in [6, 6.07) is 3.94. The molecule has 0 amide bonds. The monoisotopic (exact) mass is 240 g/mol.